The molecule has 5 nitrogen and oxygen atoms in total. The van der Waals surface area contributed by atoms with Crippen molar-refractivity contribution in [2.24, 2.45) is 5.92 Å². The Balaban J connectivity index is 1.51. The van der Waals surface area contributed by atoms with Gasteiger partial charge in [-0.1, -0.05) is 12.1 Å². The molecule has 1 aromatic carbocycles. The Hall–Kier alpha value is -1.59. The first-order valence-corrected chi connectivity index (χ1v) is 8.90. The number of aryl methyl sites for hydroxylation is 1. The lowest BCUT2D eigenvalue weighted by Crippen LogP contribution is -2.47. The Morgan fingerprint density at radius 3 is 2.71 bits per heavy atom. The number of esters is 1. The van der Waals surface area contributed by atoms with E-state index in [2.05, 4.69) is 41.4 Å². The Morgan fingerprint density at radius 1 is 1.29 bits per heavy atom. The smallest absolute Gasteiger partial charge is 0.308 e. The molecular weight excluding hydrogens is 304 g/mol. The standard InChI is InChI=1S/C19H28N2O3/c1-13-4-3-5-16(10-13)20-15-6-8-21(9-7-15)17-11-14(12-18(17)22)19(23)24-2/h3-5,10,14-15,17-18,20,22H,6-9,11-12H2,1-2H3/t14-,17+,18+/m0/s1. The molecular formula is C19H28N2O3. The van der Waals surface area contributed by atoms with Crippen LogP contribution in [0.3, 0.4) is 0 Å². The lowest BCUT2D eigenvalue weighted by atomic mass is 10.0. The number of hydrogen-bond donors (Lipinski definition) is 2. The first kappa shape index (κ1) is 17.2. The molecule has 0 spiro atoms. The molecule has 24 heavy (non-hydrogen) atoms. The number of aliphatic hydroxyl groups is 1. The second-order valence-corrected chi connectivity index (χ2v) is 7.15. The van der Waals surface area contributed by atoms with Crippen molar-refractivity contribution in [3.8, 4) is 0 Å². The molecule has 1 saturated carbocycles. The van der Waals surface area contributed by atoms with E-state index in [0.29, 0.717) is 18.9 Å². The zero-order valence-corrected chi connectivity index (χ0v) is 14.6. The Morgan fingerprint density at radius 2 is 2.04 bits per heavy atom. The van der Waals surface area contributed by atoms with Crippen LogP contribution in [0.15, 0.2) is 24.3 Å². The van der Waals surface area contributed by atoms with Crippen LogP contribution in [0.5, 0.6) is 0 Å². The highest BCUT2D eigenvalue weighted by Crippen LogP contribution is 2.32. The van der Waals surface area contributed by atoms with E-state index in [-0.39, 0.29) is 17.9 Å². The molecule has 1 aliphatic heterocycles. The lowest BCUT2D eigenvalue weighted by Gasteiger charge is -2.37. The van der Waals surface area contributed by atoms with Crippen molar-refractivity contribution in [3.05, 3.63) is 29.8 Å². The number of likely N-dealkylation sites (tertiary alicyclic amines) is 1. The third-order valence-electron chi connectivity index (χ3n) is 5.42. The quantitative estimate of drug-likeness (QED) is 0.828. The number of nitrogens with one attached hydrogen (secondary N) is 1. The normalized spacial score (nSPS) is 28.7. The van der Waals surface area contributed by atoms with Crippen LogP contribution < -0.4 is 5.32 Å². The molecule has 2 aliphatic rings. The number of hydrogen-bond acceptors (Lipinski definition) is 5. The van der Waals surface area contributed by atoms with Gasteiger partial charge in [0.05, 0.1) is 19.1 Å². The maximum Gasteiger partial charge on any atom is 0.308 e. The molecule has 0 aromatic heterocycles. The highest BCUT2D eigenvalue weighted by molar-refractivity contribution is 5.72. The summed E-state index contributed by atoms with van der Waals surface area (Å²) in [6, 6.07) is 9.03. The highest BCUT2D eigenvalue weighted by atomic mass is 16.5. The fraction of sp³-hybridized carbons (Fsp3) is 0.632. The summed E-state index contributed by atoms with van der Waals surface area (Å²) in [7, 11) is 1.42. The van der Waals surface area contributed by atoms with Crippen molar-refractivity contribution in [2.45, 2.75) is 50.8 Å². The SMILES string of the molecule is COC(=O)[C@@H]1C[C@@H](O)[C@H](N2CCC(Nc3cccc(C)c3)CC2)C1. The molecule has 132 valence electrons. The fourth-order valence-electron chi connectivity index (χ4n) is 4.09. The van der Waals surface area contributed by atoms with E-state index in [1.54, 1.807) is 0 Å². The predicted octanol–water partition coefficient (Wildman–Crippen LogP) is 2.18. The van der Waals surface area contributed by atoms with Gasteiger partial charge in [-0.25, -0.2) is 0 Å². The molecule has 1 heterocycles. The van der Waals surface area contributed by atoms with Gasteiger partial charge in [0.25, 0.3) is 0 Å². The van der Waals surface area contributed by atoms with Crippen LogP contribution >= 0.6 is 0 Å². The van der Waals surface area contributed by atoms with Crippen molar-refractivity contribution in [1.29, 1.82) is 0 Å². The number of piperidine rings is 1. The van der Waals surface area contributed by atoms with Gasteiger partial charge in [0, 0.05) is 30.9 Å². The first-order valence-electron chi connectivity index (χ1n) is 8.90. The second-order valence-electron chi connectivity index (χ2n) is 7.15. The van der Waals surface area contributed by atoms with Crippen LogP contribution in [-0.4, -0.2) is 54.4 Å². The average molecular weight is 332 g/mol. The summed E-state index contributed by atoms with van der Waals surface area (Å²) in [6.07, 6.45) is 2.93. The Bertz CT molecular complexity index is 569. The van der Waals surface area contributed by atoms with Crippen molar-refractivity contribution in [2.75, 3.05) is 25.5 Å². The van der Waals surface area contributed by atoms with Crippen LogP contribution in [0.2, 0.25) is 0 Å². The summed E-state index contributed by atoms with van der Waals surface area (Å²) in [5.41, 5.74) is 2.44. The number of aliphatic hydroxyl groups excluding tert-OH is 1. The number of ether oxygens (including phenoxy) is 1. The van der Waals surface area contributed by atoms with E-state index in [4.69, 9.17) is 4.74 Å². The average Bonchev–Trinajstić information content (AvgIpc) is 2.97. The minimum atomic E-state index is -0.421. The minimum absolute atomic E-state index is 0.0917. The third-order valence-corrected chi connectivity index (χ3v) is 5.42. The number of methoxy groups -OCH3 is 1. The topological polar surface area (TPSA) is 61.8 Å². The Kier molecular flexibility index (Phi) is 5.41. The van der Waals surface area contributed by atoms with Gasteiger partial charge >= 0.3 is 5.97 Å². The van der Waals surface area contributed by atoms with Crippen molar-refractivity contribution in [1.82, 2.24) is 4.90 Å². The Labute approximate surface area is 144 Å². The van der Waals surface area contributed by atoms with Gasteiger partial charge in [0.1, 0.15) is 0 Å². The maximum atomic E-state index is 11.7. The molecule has 1 saturated heterocycles. The van der Waals surface area contributed by atoms with Gasteiger partial charge in [0.15, 0.2) is 0 Å². The van der Waals surface area contributed by atoms with Crippen molar-refractivity contribution >= 4 is 11.7 Å². The van der Waals surface area contributed by atoms with Crippen LogP contribution in [0.4, 0.5) is 5.69 Å². The summed E-state index contributed by atoms with van der Waals surface area (Å²) in [6.45, 7) is 4.02. The zero-order chi connectivity index (χ0) is 17.1. The van der Waals surface area contributed by atoms with Crippen LogP contribution in [0.25, 0.3) is 0 Å². The molecule has 3 atom stereocenters. The number of carbonyl (C=O) groups is 1. The highest BCUT2D eigenvalue weighted by Gasteiger charge is 2.41. The van der Waals surface area contributed by atoms with Gasteiger partial charge in [-0.3, -0.25) is 9.69 Å². The maximum absolute atomic E-state index is 11.7. The van der Waals surface area contributed by atoms with E-state index < -0.39 is 6.10 Å². The molecule has 1 aromatic rings. The molecule has 3 rings (SSSR count). The first-order chi connectivity index (χ1) is 11.6. The minimum Gasteiger partial charge on any atom is -0.469 e. The molecule has 2 N–H and O–H groups in total. The van der Waals surface area contributed by atoms with E-state index in [9.17, 15) is 9.90 Å². The van der Waals surface area contributed by atoms with Crippen LogP contribution in [0, 0.1) is 12.8 Å². The summed E-state index contributed by atoms with van der Waals surface area (Å²) in [5.74, 6) is -0.342. The van der Waals surface area contributed by atoms with E-state index in [1.807, 2.05) is 0 Å². The van der Waals surface area contributed by atoms with Crippen molar-refractivity contribution < 1.29 is 14.6 Å². The molecule has 0 bridgehead atoms. The molecule has 1 aliphatic carbocycles. The molecule has 0 radical (unpaired) electrons. The number of nitrogens with zero attached hydrogens (tertiary/aromatic N) is 1. The largest absolute Gasteiger partial charge is 0.469 e. The van der Waals surface area contributed by atoms with E-state index >= 15 is 0 Å². The summed E-state index contributed by atoms with van der Waals surface area (Å²) >= 11 is 0. The fourth-order valence-corrected chi connectivity index (χ4v) is 4.09. The van der Waals surface area contributed by atoms with Gasteiger partial charge in [0.2, 0.25) is 0 Å². The molecule has 2 fully saturated rings. The van der Waals surface area contributed by atoms with Crippen LogP contribution in [0.1, 0.15) is 31.2 Å². The van der Waals surface area contributed by atoms with Gasteiger partial charge in [-0.2, -0.15) is 0 Å². The van der Waals surface area contributed by atoms with E-state index in [1.165, 1.54) is 18.4 Å². The zero-order valence-electron chi connectivity index (χ0n) is 14.6. The third kappa shape index (κ3) is 3.90. The number of benzene rings is 1. The van der Waals surface area contributed by atoms with Crippen molar-refractivity contribution in [3.63, 3.8) is 0 Å². The lowest BCUT2D eigenvalue weighted by molar-refractivity contribution is -0.145. The number of carbonyl (C=O) groups excluding carboxylic acids is 1. The second kappa shape index (κ2) is 7.53. The van der Waals surface area contributed by atoms with Gasteiger partial charge < -0.3 is 15.2 Å². The number of anilines is 1. The van der Waals surface area contributed by atoms with E-state index in [0.717, 1.165) is 25.9 Å². The van der Waals surface area contributed by atoms with Crippen LogP contribution in [-0.2, 0) is 9.53 Å². The summed E-state index contributed by atoms with van der Waals surface area (Å²) in [5, 5.41) is 13.9. The van der Waals surface area contributed by atoms with Gasteiger partial charge in [-0.05, 0) is 50.3 Å². The molecule has 0 amide bonds. The summed E-state index contributed by atoms with van der Waals surface area (Å²) in [4.78, 5) is 14.1. The van der Waals surface area contributed by atoms with Gasteiger partial charge in [-0.15, -0.1) is 0 Å². The number of rotatable bonds is 4. The molecule has 0 unspecified atom stereocenters. The predicted molar refractivity (Wildman–Crippen MR) is 93.9 cm³/mol. The summed E-state index contributed by atoms with van der Waals surface area (Å²) < 4.78 is 4.83. The molecule has 5 heteroatoms. The monoisotopic (exact) mass is 332 g/mol.